The van der Waals surface area contributed by atoms with Gasteiger partial charge in [0.2, 0.25) is 5.91 Å². The second-order valence-corrected chi connectivity index (χ2v) is 6.79. The van der Waals surface area contributed by atoms with Crippen LogP contribution in [0.2, 0.25) is 0 Å². The number of benzene rings is 1. The summed E-state index contributed by atoms with van der Waals surface area (Å²) in [6.45, 7) is 4.82. The highest BCUT2D eigenvalue weighted by molar-refractivity contribution is 14.0. The van der Waals surface area contributed by atoms with Gasteiger partial charge in [0.1, 0.15) is 5.75 Å². The van der Waals surface area contributed by atoms with Crippen LogP contribution in [0, 0.1) is 5.92 Å². The number of hydrogen-bond acceptors (Lipinski definition) is 4. The molecule has 1 aliphatic rings. The second-order valence-electron chi connectivity index (χ2n) is 6.79. The SMILES string of the molecule is CCNC(=NCC(O)c1cccc(OC)c1)N1CCC(CC(=O)NC)CC1.I. The van der Waals surface area contributed by atoms with Crippen molar-refractivity contribution in [1.29, 1.82) is 0 Å². The van der Waals surface area contributed by atoms with Crippen molar-refractivity contribution in [3.8, 4) is 5.75 Å². The normalized spacial score (nSPS) is 16.1. The van der Waals surface area contributed by atoms with Crippen molar-refractivity contribution in [3.63, 3.8) is 0 Å². The Bertz CT molecular complexity index is 634. The van der Waals surface area contributed by atoms with Crippen LogP contribution in [0.25, 0.3) is 0 Å². The van der Waals surface area contributed by atoms with Crippen LogP contribution < -0.4 is 15.4 Å². The number of piperidine rings is 1. The van der Waals surface area contributed by atoms with Gasteiger partial charge in [-0.25, -0.2) is 0 Å². The predicted molar refractivity (Wildman–Crippen MR) is 122 cm³/mol. The molecule has 1 heterocycles. The first-order valence-corrected chi connectivity index (χ1v) is 9.63. The first-order valence-electron chi connectivity index (χ1n) is 9.63. The monoisotopic (exact) mass is 504 g/mol. The molecule has 3 N–H and O–H groups in total. The Morgan fingerprint density at radius 3 is 2.71 bits per heavy atom. The molecule has 1 amide bonds. The topological polar surface area (TPSA) is 86.2 Å². The van der Waals surface area contributed by atoms with Crippen LogP contribution in [0.15, 0.2) is 29.3 Å². The van der Waals surface area contributed by atoms with Gasteiger partial charge in [0, 0.05) is 33.1 Å². The van der Waals surface area contributed by atoms with Crippen LogP contribution in [0.5, 0.6) is 5.75 Å². The van der Waals surface area contributed by atoms with Crippen LogP contribution in [-0.4, -0.2) is 62.2 Å². The minimum atomic E-state index is -0.681. The molecule has 7 nitrogen and oxygen atoms in total. The number of hydrogen-bond donors (Lipinski definition) is 3. The molecule has 1 saturated heterocycles. The number of carbonyl (C=O) groups excluding carboxylic acids is 1. The number of methoxy groups -OCH3 is 1. The van der Waals surface area contributed by atoms with Crippen LogP contribution in [0.3, 0.4) is 0 Å². The van der Waals surface area contributed by atoms with Crippen molar-refractivity contribution < 1.29 is 14.6 Å². The largest absolute Gasteiger partial charge is 0.497 e. The number of nitrogens with one attached hydrogen (secondary N) is 2. The number of aliphatic hydroxyl groups excluding tert-OH is 1. The Morgan fingerprint density at radius 2 is 2.11 bits per heavy atom. The van der Waals surface area contributed by atoms with E-state index in [2.05, 4.69) is 20.5 Å². The molecular weight excluding hydrogens is 471 g/mol. The number of likely N-dealkylation sites (tertiary alicyclic amines) is 1. The lowest BCUT2D eigenvalue weighted by Gasteiger charge is -2.34. The van der Waals surface area contributed by atoms with E-state index < -0.39 is 6.10 Å². The van der Waals surface area contributed by atoms with E-state index in [1.165, 1.54) is 0 Å². The highest BCUT2D eigenvalue weighted by atomic mass is 127. The highest BCUT2D eigenvalue weighted by Crippen LogP contribution is 2.22. The molecule has 1 fully saturated rings. The van der Waals surface area contributed by atoms with E-state index in [0.717, 1.165) is 49.7 Å². The number of aliphatic hydroxyl groups is 1. The van der Waals surface area contributed by atoms with Crippen molar-refractivity contribution in [2.75, 3.05) is 40.3 Å². The molecule has 2 rings (SSSR count). The number of ether oxygens (including phenoxy) is 1. The van der Waals surface area contributed by atoms with E-state index in [1.807, 2.05) is 31.2 Å². The molecule has 0 aromatic heterocycles. The van der Waals surface area contributed by atoms with Crippen molar-refractivity contribution >= 4 is 35.8 Å². The zero-order valence-corrected chi connectivity index (χ0v) is 19.3. The number of nitrogens with zero attached hydrogens (tertiary/aromatic N) is 2. The quantitative estimate of drug-likeness (QED) is 0.301. The molecular formula is C20H33IN4O3. The zero-order valence-electron chi connectivity index (χ0n) is 17.0. The maximum atomic E-state index is 11.6. The van der Waals surface area contributed by atoms with Crippen molar-refractivity contribution in [3.05, 3.63) is 29.8 Å². The summed E-state index contributed by atoms with van der Waals surface area (Å²) in [6, 6.07) is 7.42. The fraction of sp³-hybridized carbons (Fsp3) is 0.600. The summed E-state index contributed by atoms with van der Waals surface area (Å²) in [7, 11) is 3.29. The third-order valence-electron chi connectivity index (χ3n) is 4.89. The van der Waals surface area contributed by atoms with E-state index in [4.69, 9.17) is 4.74 Å². The van der Waals surface area contributed by atoms with E-state index >= 15 is 0 Å². The number of guanidine groups is 1. The van der Waals surface area contributed by atoms with E-state index in [-0.39, 0.29) is 36.4 Å². The van der Waals surface area contributed by atoms with E-state index in [0.29, 0.717) is 12.3 Å². The summed E-state index contributed by atoms with van der Waals surface area (Å²) >= 11 is 0. The summed E-state index contributed by atoms with van der Waals surface area (Å²) in [6.07, 6.45) is 1.85. The highest BCUT2D eigenvalue weighted by Gasteiger charge is 2.23. The van der Waals surface area contributed by atoms with Gasteiger partial charge in [-0.2, -0.15) is 0 Å². The molecule has 28 heavy (non-hydrogen) atoms. The van der Waals surface area contributed by atoms with E-state index in [9.17, 15) is 9.90 Å². The van der Waals surface area contributed by atoms with Crippen molar-refractivity contribution in [2.45, 2.75) is 32.3 Å². The number of carbonyl (C=O) groups is 1. The lowest BCUT2D eigenvalue weighted by molar-refractivity contribution is -0.121. The fourth-order valence-electron chi connectivity index (χ4n) is 3.27. The van der Waals surface area contributed by atoms with Gasteiger partial charge in [0.15, 0.2) is 5.96 Å². The molecule has 0 aliphatic carbocycles. The first kappa shape index (κ1) is 24.5. The maximum Gasteiger partial charge on any atom is 0.220 e. The molecule has 1 atom stereocenters. The Morgan fingerprint density at radius 1 is 1.39 bits per heavy atom. The van der Waals surface area contributed by atoms with Crippen molar-refractivity contribution in [1.82, 2.24) is 15.5 Å². The van der Waals surface area contributed by atoms with Crippen LogP contribution in [0.1, 0.15) is 37.9 Å². The Hall–Kier alpha value is -1.55. The number of amides is 1. The van der Waals surface area contributed by atoms with Gasteiger partial charge in [0.25, 0.3) is 0 Å². The lowest BCUT2D eigenvalue weighted by atomic mass is 9.93. The predicted octanol–water partition coefficient (Wildman–Crippen LogP) is 2.16. The van der Waals surface area contributed by atoms with Gasteiger partial charge in [-0.05, 0) is 43.4 Å². The van der Waals surface area contributed by atoms with E-state index in [1.54, 1.807) is 14.2 Å². The van der Waals surface area contributed by atoms with Crippen LogP contribution in [-0.2, 0) is 4.79 Å². The molecule has 1 aromatic rings. The van der Waals surface area contributed by atoms with Gasteiger partial charge in [-0.1, -0.05) is 12.1 Å². The molecule has 1 aliphatic heterocycles. The molecule has 0 radical (unpaired) electrons. The summed E-state index contributed by atoms with van der Waals surface area (Å²) < 4.78 is 5.21. The van der Waals surface area contributed by atoms with Gasteiger partial charge >= 0.3 is 0 Å². The maximum absolute atomic E-state index is 11.6. The minimum absolute atomic E-state index is 0. The summed E-state index contributed by atoms with van der Waals surface area (Å²) in [4.78, 5) is 18.4. The average molecular weight is 504 g/mol. The third-order valence-corrected chi connectivity index (χ3v) is 4.89. The van der Waals surface area contributed by atoms with Gasteiger partial charge in [-0.3, -0.25) is 9.79 Å². The number of rotatable bonds is 7. The van der Waals surface area contributed by atoms with Gasteiger partial charge in [-0.15, -0.1) is 24.0 Å². The minimum Gasteiger partial charge on any atom is -0.497 e. The Balaban J connectivity index is 0.00000392. The first-order chi connectivity index (χ1) is 13.1. The third kappa shape index (κ3) is 7.46. The Kier molecular flexibility index (Phi) is 11.2. The van der Waals surface area contributed by atoms with Crippen molar-refractivity contribution in [2.24, 2.45) is 10.9 Å². The second kappa shape index (κ2) is 12.8. The molecule has 1 unspecified atom stereocenters. The molecule has 0 spiro atoms. The standard InChI is InChI=1S/C20H32N4O3.HI/c1-4-22-20(24-10-8-15(9-11-24)12-19(26)21-2)23-14-18(25)16-6-5-7-17(13-16)27-3;/h5-7,13,15,18,25H,4,8-12,14H2,1-3H3,(H,21,26)(H,22,23);1H. The lowest BCUT2D eigenvalue weighted by Crippen LogP contribution is -2.46. The van der Waals surface area contributed by atoms with Gasteiger partial charge < -0.3 is 25.4 Å². The average Bonchev–Trinajstić information content (AvgIpc) is 2.71. The molecule has 0 saturated carbocycles. The molecule has 0 bridgehead atoms. The summed E-state index contributed by atoms with van der Waals surface area (Å²) in [5, 5.41) is 16.5. The Labute approximate surface area is 185 Å². The fourth-order valence-corrected chi connectivity index (χ4v) is 3.27. The summed E-state index contributed by atoms with van der Waals surface area (Å²) in [5.74, 6) is 2.07. The van der Waals surface area contributed by atoms with Gasteiger partial charge in [0.05, 0.1) is 19.8 Å². The smallest absolute Gasteiger partial charge is 0.220 e. The number of halogens is 1. The molecule has 1 aromatic carbocycles. The molecule has 158 valence electrons. The number of aliphatic imine (C=N–C) groups is 1. The van der Waals surface area contributed by atoms with Crippen LogP contribution >= 0.6 is 24.0 Å². The zero-order chi connectivity index (χ0) is 19.6. The van der Waals surface area contributed by atoms with Crippen LogP contribution in [0.4, 0.5) is 0 Å². The molecule has 8 heteroatoms. The summed E-state index contributed by atoms with van der Waals surface area (Å²) in [5.41, 5.74) is 0.790.